The van der Waals surface area contributed by atoms with Crippen LogP contribution in [0.15, 0.2) is 56.8 Å². The molecule has 1 aliphatic rings. The summed E-state index contributed by atoms with van der Waals surface area (Å²) < 4.78 is 13.2. The van der Waals surface area contributed by atoms with E-state index in [-0.39, 0.29) is 12.6 Å². The van der Waals surface area contributed by atoms with Gasteiger partial charge in [0.05, 0.1) is 11.0 Å². The van der Waals surface area contributed by atoms with E-state index in [0.29, 0.717) is 11.1 Å². The highest BCUT2D eigenvalue weighted by Crippen LogP contribution is 2.30. The summed E-state index contributed by atoms with van der Waals surface area (Å²) in [5, 5.41) is 1.21. The quantitative estimate of drug-likeness (QED) is 0.212. The first-order chi connectivity index (χ1) is 16.0. The highest BCUT2D eigenvalue weighted by Gasteiger charge is 2.22. The Morgan fingerprint density at radius 3 is 2.82 bits per heavy atom. The second kappa shape index (κ2) is 9.06. The van der Waals surface area contributed by atoms with E-state index in [1.54, 1.807) is 0 Å². The Hall–Kier alpha value is -3.06. The fourth-order valence-corrected chi connectivity index (χ4v) is 5.42. The van der Waals surface area contributed by atoms with Gasteiger partial charge in [0.25, 0.3) is 0 Å². The van der Waals surface area contributed by atoms with Crippen molar-refractivity contribution in [3.63, 3.8) is 0 Å². The van der Waals surface area contributed by atoms with Crippen LogP contribution in [0, 0.1) is 0 Å². The lowest BCUT2D eigenvalue weighted by molar-refractivity contribution is -0.143. The summed E-state index contributed by atoms with van der Waals surface area (Å²) in [6.45, 7) is 4.82. The van der Waals surface area contributed by atoms with E-state index < -0.39 is 10.9 Å². The third-order valence-corrected chi connectivity index (χ3v) is 7.16. The van der Waals surface area contributed by atoms with Crippen molar-refractivity contribution >= 4 is 39.7 Å². The van der Waals surface area contributed by atoms with Gasteiger partial charge in [-0.05, 0) is 68.0 Å². The predicted octanol–water partition coefficient (Wildman–Crippen LogP) is 5.27. The molecule has 0 saturated carbocycles. The Labute approximate surface area is 195 Å². The molecule has 2 aromatic carbocycles. The minimum Gasteiger partial charge on any atom is -0.460 e. The first-order valence-electron chi connectivity index (χ1n) is 11.4. The van der Waals surface area contributed by atoms with Crippen LogP contribution in [0.3, 0.4) is 0 Å². The molecule has 6 nitrogen and oxygen atoms in total. The summed E-state index contributed by atoms with van der Waals surface area (Å²) in [5.41, 5.74) is 5.32. The van der Waals surface area contributed by atoms with Gasteiger partial charge in [-0.3, -0.25) is 4.79 Å². The van der Waals surface area contributed by atoms with Crippen molar-refractivity contribution in [3.8, 4) is 0 Å². The summed E-state index contributed by atoms with van der Waals surface area (Å²) >= 11 is 1.40. The van der Waals surface area contributed by atoms with Crippen molar-refractivity contribution in [2.45, 2.75) is 63.1 Å². The number of aryl methyl sites for hydroxylation is 3. The molecule has 33 heavy (non-hydrogen) atoms. The number of hydrogen-bond donors (Lipinski definition) is 0. The first-order valence-corrected chi connectivity index (χ1v) is 12.3. The number of para-hydroxylation sites is 2. The van der Waals surface area contributed by atoms with Crippen LogP contribution in [0.4, 0.5) is 0 Å². The number of ether oxygens (including phenoxy) is 1. The Morgan fingerprint density at radius 1 is 1.21 bits per heavy atom. The molecule has 2 heterocycles. The molecule has 0 saturated heterocycles. The molecule has 2 aromatic heterocycles. The van der Waals surface area contributed by atoms with Crippen LogP contribution in [-0.2, 0) is 35.5 Å². The standard InChI is InChI=1S/C26H26N2O4S/c1-3-11-28-22-10-5-4-9-21(22)27-26(28)33-16(2)25(30)31-15-19-14-24(29)32-23-13-18-8-6-7-17(18)12-20(19)23/h4-5,9-10,12-14,16H,3,6-8,11,15H2,1-2H3/t16-/m0/s1. The number of imidazole rings is 1. The molecule has 0 spiro atoms. The largest absolute Gasteiger partial charge is 0.460 e. The molecule has 0 aliphatic heterocycles. The first kappa shape index (κ1) is 21.8. The van der Waals surface area contributed by atoms with E-state index in [1.807, 2.05) is 37.3 Å². The Balaban J connectivity index is 1.34. The van der Waals surface area contributed by atoms with Crippen LogP contribution in [0.1, 0.15) is 43.4 Å². The van der Waals surface area contributed by atoms with Gasteiger partial charge in [-0.25, -0.2) is 9.78 Å². The van der Waals surface area contributed by atoms with E-state index in [1.165, 1.54) is 29.0 Å². The summed E-state index contributed by atoms with van der Waals surface area (Å²) in [6, 6.07) is 13.5. The molecule has 7 heteroatoms. The zero-order valence-corrected chi connectivity index (χ0v) is 19.6. The van der Waals surface area contributed by atoms with Crippen LogP contribution in [0.2, 0.25) is 0 Å². The van der Waals surface area contributed by atoms with Crippen molar-refractivity contribution in [1.29, 1.82) is 0 Å². The predicted molar refractivity (Wildman–Crippen MR) is 130 cm³/mol. The highest BCUT2D eigenvalue weighted by atomic mass is 32.2. The number of thioether (sulfide) groups is 1. The lowest BCUT2D eigenvalue weighted by Gasteiger charge is -2.13. The lowest BCUT2D eigenvalue weighted by Crippen LogP contribution is -2.18. The van der Waals surface area contributed by atoms with Gasteiger partial charge in [-0.1, -0.05) is 30.8 Å². The number of aromatic nitrogens is 2. The average molecular weight is 463 g/mol. The number of carbonyl (C=O) groups is 1. The average Bonchev–Trinajstić information content (AvgIpc) is 3.40. The molecule has 0 N–H and O–H groups in total. The Kier molecular flexibility index (Phi) is 5.98. The summed E-state index contributed by atoms with van der Waals surface area (Å²) in [6.07, 6.45) is 4.11. The van der Waals surface area contributed by atoms with E-state index >= 15 is 0 Å². The molecular weight excluding hydrogens is 436 g/mol. The van der Waals surface area contributed by atoms with Crippen molar-refractivity contribution in [1.82, 2.24) is 9.55 Å². The fourth-order valence-electron chi connectivity index (χ4n) is 4.47. The van der Waals surface area contributed by atoms with Crippen molar-refractivity contribution in [2.24, 2.45) is 0 Å². The Bertz CT molecular complexity index is 1400. The number of fused-ring (bicyclic) bond motifs is 3. The molecule has 1 aliphatic carbocycles. The van der Waals surface area contributed by atoms with Gasteiger partial charge < -0.3 is 13.7 Å². The molecule has 170 valence electrons. The van der Waals surface area contributed by atoms with E-state index in [9.17, 15) is 9.59 Å². The summed E-state index contributed by atoms with van der Waals surface area (Å²) in [7, 11) is 0. The molecular formula is C26H26N2O4S. The van der Waals surface area contributed by atoms with Crippen LogP contribution >= 0.6 is 11.8 Å². The van der Waals surface area contributed by atoms with Crippen LogP contribution in [0.25, 0.3) is 22.0 Å². The minimum absolute atomic E-state index is 0.0377. The maximum absolute atomic E-state index is 12.8. The van der Waals surface area contributed by atoms with Gasteiger partial charge in [0.15, 0.2) is 5.16 Å². The monoisotopic (exact) mass is 462 g/mol. The van der Waals surface area contributed by atoms with Gasteiger partial charge >= 0.3 is 11.6 Å². The molecule has 4 aromatic rings. The van der Waals surface area contributed by atoms with Crippen molar-refractivity contribution < 1.29 is 13.9 Å². The number of benzene rings is 2. The van der Waals surface area contributed by atoms with Gasteiger partial charge in [-0.2, -0.15) is 0 Å². The SMILES string of the molecule is CCCn1c(S[C@@H](C)C(=O)OCc2cc(=O)oc3cc4c(cc23)CCC4)nc2ccccc21. The maximum Gasteiger partial charge on any atom is 0.336 e. The zero-order valence-electron chi connectivity index (χ0n) is 18.8. The number of hydrogen-bond acceptors (Lipinski definition) is 6. The third-order valence-electron chi connectivity index (χ3n) is 6.09. The van der Waals surface area contributed by atoms with Crippen molar-refractivity contribution in [3.05, 3.63) is 69.6 Å². The number of carbonyl (C=O) groups excluding carboxylic acids is 1. The normalized spacial score (nSPS) is 14.0. The van der Waals surface area contributed by atoms with Crippen LogP contribution < -0.4 is 5.63 Å². The molecule has 0 radical (unpaired) electrons. The smallest absolute Gasteiger partial charge is 0.336 e. The van der Waals surface area contributed by atoms with Crippen LogP contribution in [0.5, 0.6) is 0 Å². The van der Waals surface area contributed by atoms with Crippen LogP contribution in [-0.4, -0.2) is 20.8 Å². The zero-order chi connectivity index (χ0) is 22.9. The molecule has 0 fully saturated rings. The number of nitrogens with zero attached hydrogens (tertiary/aromatic N) is 2. The highest BCUT2D eigenvalue weighted by molar-refractivity contribution is 8.00. The van der Waals surface area contributed by atoms with Gasteiger partial charge in [0, 0.05) is 23.6 Å². The van der Waals surface area contributed by atoms with E-state index in [4.69, 9.17) is 14.1 Å². The lowest BCUT2D eigenvalue weighted by atomic mass is 10.0. The second-order valence-corrected chi connectivity index (χ2v) is 9.77. The third kappa shape index (κ3) is 4.29. The minimum atomic E-state index is -0.437. The topological polar surface area (TPSA) is 74.3 Å². The van der Waals surface area contributed by atoms with Gasteiger partial charge in [0.2, 0.25) is 0 Å². The molecule has 0 amide bonds. The molecule has 0 unspecified atom stereocenters. The number of esters is 1. The summed E-state index contributed by atoms with van der Waals surface area (Å²) in [4.78, 5) is 29.6. The molecule has 5 rings (SSSR count). The van der Waals surface area contributed by atoms with Gasteiger partial charge in [-0.15, -0.1) is 0 Å². The summed E-state index contributed by atoms with van der Waals surface area (Å²) in [5.74, 6) is -0.336. The van der Waals surface area contributed by atoms with E-state index in [2.05, 4.69) is 17.6 Å². The number of rotatable bonds is 7. The van der Waals surface area contributed by atoms with Crippen molar-refractivity contribution in [2.75, 3.05) is 0 Å². The fraction of sp³-hybridized carbons (Fsp3) is 0.346. The Morgan fingerprint density at radius 2 is 2.00 bits per heavy atom. The maximum atomic E-state index is 12.8. The van der Waals surface area contributed by atoms with E-state index in [0.717, 1.165) is 53.8 Å². The molecule has 0 bridgehead atoms. The molecule has 1 atom stereocenters. The van der Waals surface area contributed by atoms with Gasteiger partial charge in [0.1, 0.15) is 17.4 Å². The second-order valence-electron chi connectivity index (χ2n) is 8.46.